The van der Waals surface area contributed by atoms with Crippen molar-refractivity contribution in [1.29, 1.82) is 0 Å². The highest BCUT2D eigenvalue weighted by Crippen LogP contribution is 2.48. The number of amides is 2. The van der Waals surface area contributed by atoms with Crippen LogP contribution in [0.25, 0.3) is 11.1 Å². The van der Waals surface area contributed by atoms with Crippen LogP contribution in [0.2, 0.25) is 0 Å². The molecule has 178 valence electrons. The lowest BCUT2D eigenvalue weighted by atomic mass is 9.84. The van der Waals surface area contributed by atoms with Crippen LogP contribution in [0.15, 0.2) is 48.5 Å². The zero-order valence-corrected chi connectivity index (χ0v) is 19.2. The Morgan fingerprint density at radius 3 is 2.26 bits per heavy atom. The second-order valence-corrected chi connectivity index (χ2v) is 9.87. The summed E-state index contributed by atoms with van der Waals surface area (Å²) >= 11 is 0. The normalized spacial score (nSPS) is 25.3. The molecule has 3 N–H and O–H groups in total. The number of carbonyl (C=O) groups excluding carboxylic acids is 2. The molecule has 0 radical (unpaired) electrons. The standard InChI is InChI=1S/C27H30N2O5/c1-15(12-23(30)29-25-17-11-10-16(13-17)24(25)26(31)32)28-27(33)34-14-22-20-8-4-2-6-18(20)19-7-3-5-9-21(19)22/h2-9,15-17,22,24-25H,10-14H2,1H3,(H,28,33)(H,29,30)(H,31,32)/t15-,16?,17?,24?,25?/m1/s1. The molecule has 0 heterocycles. The molecule has 34 heavy (non-hydrogen) atoms. The van der Waals surface area contributed by atoms with Crippen molar-refractivity contribution in [2.24, 2.45) is 17.8 Å². The molecule has 5 atom stereocenters. The van der Waals surface area contributed by atoms with Crippen LogP contribution in [-0.2, 0) is 14.3 Å². The van der Waals surface area contributed by atoms with Gasteiger partial charge in [0.05, 0.1) is 5.92 Å². The molecule has 0 aromatic heterocycles. The van der Waals surface area contributed by atoms with E-state index in [1.54, 1.807) is 6.92 Å². The number of carboxylic acid groups (broad SMARTS) is 1. The van der Waals surface area contributed by atoms with Crippen molar-refractivity contribution < 1.29 is 24.2 Å². The fourth-order valence-electron chi connectivity index (χ4n) is 6.27. The zero-order valence-electron chi connectivity index (χ0n) is 19.2. The predicted molar refractivity (Wildman–Crippen MR) is 126 cm³/mol. The molecular weight excluding hydrogens is 432 g/mol. The van der Waals surface area contributed by atoms with Gasteiger partial charge >= 0.3 is 12.1 Å². The number of ether oxygens (including phenoxy) is 1. The molecule has 2 bridgehead atoms. The third-order valence-electron chi connectivity index (χ3n) is 7.73. The van der Waals surface area contributed by atoms with Gasteiger partial charge in [0.1, 0.15) is 6.61 Å². The van der Waals surface area contributed by atoms with Crippen molar-refractivity contribution in [3.8, 4) is 11.1 Å². The maximum Gasteiger partial charge on any atom is 0.407 e. The molecule has 0 saturated heterocycles. The van der Waals surface area contributed by atoms with Gasteiger partial charge in [-0.15, -0.1) is 0 Å². The van der Waals surface area contributed by atoms with Crippen molar-refractivity contribution in [2.75, 3.05) is 6.61 Å². The van der Waals surface area contributed by atoms with Crippen LogP contribution in [0.5, 0.6) is 0 Å². The summed E-state index contributed by atoms with van der Waals surface area (Å²) in [5.74, 6) is -1.21. The number of aliphatic carboxylic acids is 1. The molecule has 2 aromatic carbocycles. The minimum atomic E-state index is -0.831. The summed E-state index contributed by atoms with van der Waals surface area (Å²) in [6, 6.07) is 15.5. The molecule has 2 fully saturated rings. The molecule has 3 aliphatic carbocycles. The molecular formula is C27H30N2O5. The van der Waals surface area contributed by atoms with Crippen LogP contribution in [0, 0.1) is 17.8 Å². The third kappa shape index (κ3) is 4.15. The van der Waals surface area contributed by atoms with E-state index in [9.17, 15) is 19.5 Å². The summed E-state index contributed by atoms with van der Waals surface area (Å²) in [6.07, 6.45) is 2.27. The highest BCUT2D eigenvalue weighted by Gasteiger charge is 2.51. The van der Waals surface area contributed by atoms with Gasteiger partial charge in [0, 0.05) is 24.4 Å². The SMILES string of the molecule is C[C@H](CC(=O)NC1C2CCC(C2)C1C(=O)O)NC(=O)OCC1c2ccccc2-c2ccccc21. The first-order valence-corrected chi connectivity index (χ1v) is 12.1. The maximum atomic E-state index is 12.6. The number of rotatable bonds is 7. The van der Waals surface area contributed by atoms with Crippen LogP contribution in [-0.4, -0.2) is 41.8 Å². The van der Waals surface area contributed by atoms with E-state index in [0.29, 0.717) is 0 Å². The maximum absolute atomic E-state index is 12.6. The zero-order chi connectivity index (χ0) is 23.8. The Bertz CT molecular complexity index is 1070. The van der Waals surface area contributed by atoms with E-state index in [0.717, 1.165) is 41.5 Å². The molecule has 2 saturated carbocycles. The first-order chi connectivity index (χ1) is 16.4. The topological polar surface area (TPSA) is 105 Å². The van der Waals surface area contributed by atoms with Gasteiger partial charge in [0.25, 0.3) is 0 Å². The van der Waals surface area contributed by atoms with Gasteiger partial charge in [-0.1, -0.05) is 48.5 Å². The number of hydrogen-bond donors (Lipinski definition) is 3. The summed E-state index contributed by atoms with van der Waals surface area (Å²) in [5, 5.41) is 15.2. The van der Waals surface area contributed by atoms with Gasteiger partial charge in [-0.3, -0.25) is 9.59 Å². The lowest BCUT2D eigenvalue weighted by molar-refractivity contribution is -0.144. The lowest BCUT2D eigenvalue weighted by Gasteiger charge is -2.29. The largest absolute Gasteiger partial charge is 0.481 e. The van der Waals surface area contributed by atoms with Gasteiger partial charge in [-0.25, -0.2) is 4.79 Å². The van der Waals surface area contributed by atoms with Crippen molar-refractivity contribution in [2.45, 2.75) is 50.6 Å². The Morgan fingerprint density at radius 2 is 1.62 bits per heavy atom. The van der Waals surface area contributed by atoms with Gasteiger partial charge in [0.2, 0.25) is 5.91 Å². The Kier molecular flexibility index (Phi) is 6.02. The molecule has 4 unspecified atom stereocenters. The quantitative estimate of drug-likeness (QED) is 0.579. The van der Waals surface area contributed by atoms with Crippen LogP contribution < -0.4 is 10.6 Å². The minimum absolute atomic E-state index is 0.0255. The Labute approximate surface area is 198 Å². The van der Waals surface area contributed by atoms with Gasteiger partial charge in [-0.2, -0.15) is 0 Å². The Balaban J connectivity index is 1.13. The highest BCUT2D eigenvalue weighted by molar-refractivity contribution is 5.80. The number of nitrogens with one attached hydrogen (secondary N) is 2. The molecule has 7 heteroatoms. The van der Waals surface area contributed by atoms with E-state index < -0.39 is 24.0 Å². The fourth-order valence-corrected chi connectivity index (χ4v) is 6.27. The van der Waals surface area contributed by atoms with E-state index in [1.807, 2.05) is 24.3 Å². The second-order valence-electron chi connectivity index (χ2n) is 9.87. The molecule has 0 aliphatic heterocycles. The summed E-state index contributed by atoms with van der Waals surface area (Å²) in [7, 11) is 0. The van der Waals surface area contributed by atoms with Crippen molar-refractivity contribution in [3.63, 3.8) is 0 Å². The van der Waals surface area contributed by atoms with E-state index in [1.165, 1.54) is 0 Å². The van der Waals surface area contributed by atoms with Crippen LogP contribution in [0.4, 0.5) is 4.79 Å². The number of benzene rings is 2. The summed E-state index contributed by atoms with van der Waals surface area (Å²) in [6.45, 7) is 1.96. The molecule has 3 aliphatic rings. The summed E-state index contributed by atoms with van der Waals surface area (Å²) in [4.78, 5) is 36.7. The van der Waals surface area contributed by atoms with Crippen molar-refractivity contribution >= 4 is 18.0 Å². The first-order valence-electron chi connectivity index (χ1n) is 12.1. The van der Waals surface area contributed by atoms with E-state index in [-0.39, 0.29) is 42.7 Å². The average molecular weight is 463 g/mol. The molecule has 7 nitrogen and oxygen atoms in total. The number of fused-ring (bicyclic) bond motifs is 5. The monoisotopic (exact) mass is 462 g/mol. The lowest BCUT2D eigenvalue weighted by Crippen LogP contribution is -2.48. The van der Waals surface area contributed by atoms with E-state index in [2.05, 4.69) is 34.9 Å². The Hall–Kier alpha value is -3.35. The molecule has 5 rings (SSSR count). The smallest absolute Gasteiger partial charge is 0.407 e. The number of carbonyl (C=O) groups is 3. The number of alkyl carbamates (subject to hydrolysis) is 1. The van der Waals surface area contributed by atoms with Gasteiger partial charge < -0.3 is 20.5 Å². The van der Waals surface area contributed by atoms with Crippen LogP contribution in [0.1, 0.15) is 49.7 Å². The van der Waals surface area contributed by atoms with E-state index in [4.69, 9.17) is 4.74 Å². The van der Waals surface area contributed by atoms with Gasteiger partial charge in [-0.05, 0) is 60.3 Å². The summed E-state index contributed by atoms with van der Waals surface area (Å²) in [5.41, 5.74) is 4.61. The predicted octanol–water partition coefficient (Wildman–Crippen LogP) is 3.92. The van der Waals surface area contributed by atoms with Crippen molar-refractivity contribution in [1.82, 2.24) is 10.6 Å². The second kappa shape index (κ2) is 9.12. The van der Waals surface area contributed by atoms with Crippen LogP contribution in [0.3, 0.4) is 0 Å². The average Bonchev–Trinajstić information content (AvgIpc) is 3.49. The van der Waals surface area contributed by atoms with E-state index >= 15 is 0 Å². The van der Waals surface area contributed by atoms with Gasteiger partial charge in [0.15, 0.2) is 0 Å². The third-order valence-corrected chi connectivity index (χ3v) is 7.73. The first kappa shape index (κ1) is 22.4. The molecule has 2 aromatic rings. The minimum Gasteiger partial charge on any atom is -0.481 e. The van der Waals surface area contributed by atoms with Crippen molar-refractivity contribution in [3.05, 3.63) is 59.7 Å². The Morgan fingerprint density at radius 1 is 1.00 bits per heavy atom. The highest BCUT2D eigenvalue weighted by atomic mass is 16.5. The number of hydrogen-bond acceptors (Lipinski definition) is 4. The molecule has 2 amide bonds. The number of carboxylic acids is 1. The van der Waals surface area contributed by atoms with Crippen LogP contribution >= 0.6 is 0 Å². The summed E-state index contributed by atoms with van der Waals surface area (Å²) < 4.78 is 5.55. The fraction of sp³-hybridized carbons (Fsp3) is 0.444. The molecule has 0 spiro atoms.